The number of rotatable bonds is 1. The summed E-state index contributed by atoms with van der Waals surface area (Å²) >= 11 is 0. The van der Waals surface area contributed by atoms with Gasteiger partial charge in [-0.3, -0.25) is 0 Å². The molecular formula is C14H25NO3. The van der Waals surface area contributed by atoms with Crippen LogP contribution >= 0.6 is 0 Å². The summed E-state index contributed by atoms with van der Waals surface area (Å²) in [6, 6.07) is 0. The van der Waals surface area contributed by atoms with Crippen molar-refractivity contribution >= 4 is 6.09 Å². The molecule has 4 heteroatoms. The van der Waals surface area contributed by atoms with Crippen LogP contribution in [0.25, 0.3) is 0 Å². The lowest BCUT2D eigenvalue weighted by Gasteiger charge is -2.29. The van der Waals surface area contributed by atoms with E-state index in [9.17, 15) is 9.90 Å². The molecule has 0 bridgehead atoms. The van der Waals surface area contributed by atoms with E-state index in [1.54, 1.807) is 0 Å². The molecule has 0 radical (unpaired) electrons. The van der Waals surface area contributed by atoms with E-state index < -0.39 is 5.60 Å². The number of hydrogen-bond acceptors (Lipinski definition) is 3. The molecule has 18 heavy (non-hydrogen) atoms. The summed E-state index contributed by atoms with van der Waals surface area (Å²) in [7, 11) is 0. The third-order valence-corrected chi connectivity index (χ3v) is 4.07. The average molecular weight is 255 g/mol. The summed E-state index contributed by atoms with van der Waals surface area (Å²) in [6.07, 6.45) is 3.10. The lowest BCUT2D eigenvalue weighted by atomic mass is 9.76. The summed E-state index contributed by atoms with van der Waals surface area (Å²) in [5.74, 6) is 1.61. The maximum atomic E-state index is 12.0. The fourth-order valence-electron chi connectivity index (χ4n) is 3.17. The third-order valence-electron chi connectivity index (χ3n) is 4.07. The van der Waals surface area contributed by atoms with E-state index in [0.717, 1.165) is 32.4 Å². The van der Waals surface area contributed by atoms with Crippen LogP contribution in [0.5, 0.6) is 0 Å². The van der Waals surface area contributed by atoms with Gasteiger partial charge in [0.15, 0.2) is 0 Å². The van der Waals surface area contributed by atoms with E-state index in [4.69, 9.17) is 4.74 Å². The number of aliphatic hydroxyl groups is 1. The van der Waals surface area contributed by atoms with Crippen LogP contribution in [0.4, 0.5) is 4.79 Å². The minimum absolute atomic E-state index is 0.183. The lowest BCUT2D eigenvalue weighted by molar-refractivity contribution is 0.0284. The Morgan fingerprint density at radius 3 is 2.56 bits per heavy atom. The largest absolute Gasteiger partial charge is 0.444 e. The highest BCUT2D eigenvalue weighted by Gasteiger charge is 2.40. The van der Waals surface area contributed by atoms with Crippen molar-refractivity contribution < 1.29 is 14.6 Å². The number of fused-ring (bicyclic) bond motifs is 1. The predicted octanol–water partition coefficient (Wildman–Crippen LogP) is 2.26. The number of amides is 1. The summed E-state index contributed by atoms with van der Waals surface area (Å²) in [6.45, 7) is 7.62. The van der Waals surface area contributed by atoms with Crippen molar-refractivity contribution in [2.24, 2.45) is 17.8 Å². The molecule has 1 heterocycles. The number of carbonyl (C=O) groups is 1. The van der Waals surface area contributed by atoms with Gasteiger partial charge in [-0.15, -0.1) is 0 Å². The van der Waals surface area contributed by atoms with Crippen molar-refractivity contribution in [1.29, 1.82) is 0 Å². The van der Waals surface area contributed by atoms with Gasteiger partial charge in [0, 0.05) is 19.7 Å². The molecular weight excluding hydrogens is 230 g/mol. The minimum atomic E-state index is -0.418. The van der Waals surface area contributed by atoms with Crippen molar-refractivity contribution in [2.75, 3.05) is 19.7 Å². The Morgan fingerprint density at radius 1 is 1.28 bits per heavy atom. The van der Waals surface area contributed by atoms with E-state index in [1.807, 2.05) is 25.7 Å². The highest BCUT2D eigenvalue weighted by molar-refractivity contribution is 5.68. The van der Waals surface area contributed by atoms with Crippen LogP contribution in [-0.2, 0) is 4.74 Å². The van der Waals surface area contributed by atoms with Gasteiger partial charge in [-0.2, -0.15) is 0 Å². The molecule has 4 nitrogen and oxygen atoms in total. The van der Waals surface area contributed by atoms with Crippen LogP contribution in [0.2, 0.25) is 0 Å². The molecule has 1 saturated heterocycles. The third kappa shape index (κ3) is 3.16. The van der Waals surface area contributed by atoms with Crippen molar-refractivity contribution in [3.05, 3.63) is 0 Å². The van der Waals surface area contributed by atoms with Crippen LogP contribution in [-0.4, -0.2) is 41.4 Å². The Hall–Kier alpha value is -0.770. The Labute approximate surface area is 109 Å². The van der Waals surface area contributed by atoms with Crippen molar-refractivity contribution in [3.8, 4) is 0 Å². The molecule has 0 spiro atoms. The monoisotopic (exact) mass is 255 g/mol. The van der Waals surface area contributed by atoms with Crippen LogP contribution < -0.4 is 0 Å². The SMILES string of the molecule is CC(C)(C)OC(=O)N1CC2CCC(CO)CC2C1. The van der Waals surface area contributed by atoms with Crippen molar-refractivity contribution in [3.63, 3.8) is 0 Å². The second-order valence-electron chi connectivity index (χ2n) is 6.77. The van der Waals surface area contributed by atoms with Gasteiger partial charge in [0.2, 0.25) is 0 Å². The first-order valence-corrected chi connectivity index (χ1v) is 6.98. The van der Waals surface area contributed by atoms with Gasteiger partial charge >= 0.3 is 6.09 Å². The normalized spacial score (nSPS) is 32.2. The molecule has 104 valence electrons. The number of likely N-dealkylation sites (tertiary alicyclic amines) is 1. The maximum absolute atomic E-state index is 12.0. The van der Waals surface area contributed by atoms with E-state index in [0.29, 0.717) is 17.8 Å². The molecule has 1 N–H and O–H groups in total. The highest BCUT2D eigenvalue weighted by Crippen LogP contribution is 2.39. The highest BCUT2D eigenvalue weighted by atomic mass is 16.6. The topological polar surface area (TPSA) is 49.8 Å². The molecule has 1 aliphatic carbocycles. The number of hydrogen-bond donors (Lipinski definition) is 1. The summed E-state index contributed by atoms with van der Waals surface area (Å²) < 4.78 is 5.42. The standard InChI is InChI=1S/C14H25NO3/c1-14(2,3)18-13(17)15-7-11-5-4-10(9-16)6-12(11)8-15/h10-12,16H,4-9H2,1-3H3. The van der Waals surface area contributed by atoms with E-state index in [-0.39, 0.29) is 12.7 Å². The first-order chi connectivity index (χ1) is 8.39. The van der Waals surface area contributed by atoms with Crippen molar-refractivity contribution in [2.45, 2.75) is 45.6 Å². The van der Waals surface area contributed by atoms with Gasteiger partial charge < -0.3 is 14.7 Å². The van der Waals surface area contributed by atoms with Gasteiger partial charge in [-0.1, -0.05) is 0 Å². The molecule has 0 aromatic carbocycles. The Kier molecular flexibility index (Phi) is 3.85. The zero-order valence-corrected chi connectivity index (χ0v) is 11.7. The first kappa shape index (κ1) is 13.7. The zero-order chi connectivity index (χ0) is 13.3. The number of aliphatic hydroxyl groups excluding tert-OH is 1. The Bertz CT molecular complexity index is 311. The second-order valence-corrected chi connectivity index (χ2v) is 6.77. The maximum Gasteiger partial charge on any atom is 0.410 e. The molecule has 1 amide bonds. The summed E-state index contributed by atoms with van der Waals surface area (Å²) in [5, 5.41) is 9.23. The fourth-order valence-corrected chi connectivity index (χ4v) is 3.17. The molecule has 2 rings (SSSR count). The average Bonchev–Trinajstić information content (AvgIpc) is 2.69. The first-order valence-electron chi connectivity index (χ1n) is 6.98. The van der Waals surface area contributed by atoms with E-state index in [2.05, 4.69) is 0 Å². The minimum Gasteiger partial charge on any atom is -0.444 e. The summed E-state index contributed by atoms with van der Waals surface area (Å²) in [5.41, 5.74) is -0.418. The molecule has 1 saturated carbocycles. The Morgan fingerprint density at radius 2 is 1.94 bits per heavy atom. The van der Waals surface area contributed by atoms with E-state index >= 15 is 0 Å². The molecule has 2 fully saturated rings. The lowest BCUT2D eigenvalue weighted by Crippen LogP contribution is -2.35. The molecule has 2 aliphatic rings. The van der Waals surface area contributed by atoms with Gasteiger partial charge in [0.05, 0.1) is 0 Å². The molecule has 3 atom stereocenters. The Balaban J connectivity index is 1.90. The quantitative estimate of drug-likeness (QED) is 0.782. The predicted molar refractivity (Wildman–Crippen MR) is 69.2 cm³/mol. The zero-order valence-electron chi connectivity index (χ0n) is 11.7. The van der Waals surface area contributed by atoms with Crippen LogP contribution in [0.3, 0.4) is 0 Å². The fraction of sp³-hybridized carbons (Fsp3) is 0.929. The van der Waals surface area contributed by atoms with Gasteiger partial charge in [0.25, 0.3) is 0 Å². The van der Waals surface area contributed by atoms with Crippen LogP contribution in [0.15, 0.2) is 0 Å². The van der Waals surface area contributed by atoms with Gasteiger partial charge in [-0.25, -0.2) is 4.79 Å². The molecule has 0 aromatic heterocycles. The van der Waals surface area contributed by atoms with Crippen LogP contribution in [0, 0.1) is 17.8 Å². The summed E-state index contributed by atoms with van der Waals surface area (Å²) in [4.78, 5) is 13.9. The smallest absolute Gasteiger partial charge is 0.410 e. The van der Waals surface area contributed by atoms with Gasteiger partial charge in [0.1, 0.15) is 5.60 Å². The van der Waals surface area contributed by atoms with Gasteiger partial charge in [-0.05, 0) is 57.8 Å². The van der Waals surface area contributed by atoms with E-state index in [1.165, 1.54) is 0 Å². The molecule has 3 unspecified atom stereocenters. The van der Waals surface area contributed by atoms with Crippen LogP contribution in [0.1, 0.15) is 40.0 Å². The second kappa shape index (κ2) is 5.08. The molecule has 1 aliphatic heterocycles. The number of nitrogens with zero attached hydrogens (tertiary/aromatic N) is 1. The van der Waals surface area contributed by atoms with Crippen molar-refractivity contribution in [1.82, 2.24) is 4.90 Å². The molecule has 0 aromatic rings. The number of carbonyl (C=O) groups excluding carboxylic acids is 1. The number of ether oxygens (including phenoxy) is 1.